The summed E-state index contributed by atoms with van der Waals surface area (Å²) in [6.45, 7) is 29.8. The van der Waals surface area contributed by atoms with Gasteiger partial charge in [-0.1, -0.05) is 81.7 Å². The number of rotatable bonds is 6. The van der Waals surface area contributed by atoms with Crippen molar-refractivity contribution >= 4 is 35.4 Å². The minimum Gasteiger partial charge on any atom is -0.462 e. The number of hydrogen-bond acceptors (Lipinski definition) is 6. The lowest BCUT2D eigenvalue weighted by molar-refractivity contribution is -0.925. The van der Waals surface area contributed by atoms with Crippen LogP contribution in [-0.4, -0.2) is 90.1 Å². The number of carbonyl (C=O) groups excluding carboxylic acids is 3. The molecular formula is C51H72N5O4+. The monoisotopic (exact) mass is 819 g/mol. The number of ether oxygens (including phenoxy) is 1. The van der Waals surface area contributed by atoms with E-state index in [-0.39, 0.29) is 45.6 Å². The first-order chi connectivity index (χ1) is 28.4. The van der Waals surface area contributed by atoms with E-state index < -0.39 is 5.41 Å². The second-order valence-electron chi connectivity index (χ2n) is 21.8. The van der Waals surface area contributed by atoms with Crippen molar-refractivity contribution in [2.45, 2.75) is 126 Å². The summed E-state index contributed by atoms with van der Waals surface area (Å²) in [4.78, 5) is 48.4. The number of carbonyl (C=O) groups is 3. The molecule has 1 aromatic rings. The number of amidine groups is 1. The average Bonchev–Trinajstić information content (AvgIpc) is 3.83. The van der Waals surface area contributed by atoms with Crippen LogP contribution in [0.5, 0.6) is 0 Å². The van der Waals surface area contributed by atoms with Gasteiger partial charge in [0.25, 0.3) is 5.91 Å². The molecule has 8 aliphatic rings. The Morgan fingerprint density at radius 3 is 2.25 bits per heavy atom. The molecule has 2 amide bonds. The fourth-order valence-corrected chi connectivity index (χ4v) is 15.5. The zero-order valence-corrected chi connectivity index (χ0v) is 38.2. The van der Waals surface area contributed by atoms with Crippen LogP contribution >= 0.6 is 0 Å². The molecule has 0 unspecified atom stereocenters. The first-order valence-corrected chi connectivity index (χ1v) is 23.6. The van der Waals surface area contributed by atoms with Gasteiger partial charge in [0.1, 0.15) is 19.2 Å². The predicted octanol–water partition coefficient (Wildman–Crippen LogP) is 9.21. The third-order valence-electron chi connectivity index (χ3n) is 19.1. The molecule has 9 nitrogen and oxygen atoms in total. The molecule has 9 rings (SSSR count). The van der Waals surface area contributed by atoms with Crippen LogP contribution in [0.4, 0.5) is 5.69 Å². The summed E-state index contributed by atoms with van der Waals surface area (Å²) in [7, 11) is 0. The highest BCUT2D eigenvalue weighted by Crippen LogP contribution is 2.76. The lowest BCUT2D eigenvalue weighted by Gasteiger charge is -2.70. The van der Waals surface area contributed by atoms with Gasteiger partial charge in [0, 0.05) is 44.4 Å². The third-order valence-corrected chi connectivity index (χ3v) is 19.1. The number of hydrogen-bond donors (Lipinski definition) is 0. The number of quaternary nitrogens is 1. The summed E-state index contributed by atoms with van der Waals surface area (Å²) in [5.41, 5.74) is 5.33. The first kappa shape index (κ1) is 41.6. The van der Waals surface area contributed by atoms with Crippen LogP contribution in [0.15, 0.2) is 58.7 Å². The second-order valence-corrected chi connectivity index (χ2v) is 21.8. The van der Waals surface area contributed by atoms with Crippen molar-refractivity contribution in [3.63, 3.8) is 0 Å². The molecule has 9 heteroatoms. The normalized spacial score (nSPS) is 38.5. The molecule has 324 valence electrons. The Hall–Kier alpha value is -3.72. The van der Waals surface area contributed by atoms with E-state index in [0.717, 1.165) is 94.6 Å². The largest absolute Gasteiger partial charge is 0.462 e. The van der Waals surface area contributed by atoms with Crippen molar-refractivity contribution in [1.82, 2.24) is 9.80 Å². The minimum atomic E-state index is -0.439. The van der Waals surface area contributed by atoms with E-state index in [1.54, 1.807) is 12.5 Å². The van der Waals surface area contributed by atoms with Crippen LogP contribution in [0, 0.1) is 50.7 Å². The smallest absolute Gasteiger partial charge is 0.302 e. The minimum absolute atomic E-state index is 0.00654. The highest BCUT2D eigenvalue weighted by Gasteiger charge is 2.70. The van der Waals surface area contributed by atoms with E-state index >= 15 is 4.79 Å². The maximum absolute atomic E-state index is 15.4. The van der Waals surface area contributed by atoms with Crippen LogP contribution in [0.1, 0.15) is 126 Å². The highest BCUT2D eigenvalue weighted by atomic mass is 16.5. The fraction of sp³-hybridized carbons (Fsp3) is 0.686. The molecule has 5 aliphatic carbocycles. The van der Waals surface area contributed by atoms with E-state index in [1.807, 2.05) is 17.0 Å². The van der Waals surface area contributed by atoms with Gasteiger partial charge in [-0.2, -0.15) is 4.59 Å². The predicted molar refractivity (Wildman–Crippen MR) is 238 cm³/mol. The van der Waals surface area contributed by atoms with E-state index in [9.17, 15) is 9.59 Å². The molecule has 0 bridgehead atoms. The molecule has 9 atom stereocenters. The van der Waals surface area contributed by atoms with Gasteiger partial charge < -0.3 is 14.5 Å². The Balaban J connectivity index is 0.970. The topological polar surface area (TPSA) is 82.5 Å². The Labute approximate surface area is 359 Å². The number of amides is 2. The SMILES string of the molecule is C=C(C)[C@@H]1CC[C@]2(C(=O)N3CCN(C(=O)C4=Cc5ccccc5N5C[N+](CC)(CC)N=C45)CC3)CC[C@]3(C)C(=CC[C@@H]4[C@@]5(C)CC[C@H](OC(C)=O)C(C)(C)[C@@H]5CC[C@]43C)[C@H]12. The summed E-state index contributed by atoms with van der Waals surface area (Å²) < 4.78 is 6.57. The van der Waals surface area contributed by atoms with Crippen molar-refractivity contribution in [1.29, 1.82) is 0 Å². The number of nitrogens with zero attached hydrogens (tertiary/aromatic N) is 5. The molecular weight excluding hydrogens is 747 g/mol. The highest BCUT2D eigenvalue weighted by molar-refractivity contribution is 6.31. The Kier molecular flexibility index (Phi) is 9.82. The molecule has 5 fully saturated rings. The molecule has 1 saturated heterocycles. The summed E-state index contributed by atoms with van der Waals surface area (Å²) in [6.07, 6.45) is 13.9. The van der Waals surface area contributed by atoms with E-state index in [1.165, 1.54) is 5.57 Å². The van der Waals surface area contributed by atoms with Crippen LogP contribution in [0.3, 0.4) is 0 Å². The first-order valence-electron chi connectivity index (χ1n) is 23.6. The van der Waals surface area contributed by atoms with Gasteiger partial charge in [0.15, 0.2) is 6.67 Å². The maximum Gasteiger partial charge on any atom is 0.302 e. The molecule has 0 N–H and O–H groups in total. The van der Waals surface area contributed by atoms with Crippen LogP contribution in [0.2, 0.25) is 0 Å². The number of allylic oxidation sites excluding steroid dienone is 3. The fourth-order valence-electron chi connectivity index (χ4n) is 15.5. The molecule has 3 heterocycles. The van der Waals surface area contributed by atoms with Gasteiger partial charge in [-0.25, -0.2) is 0 Å². The van der Waals surface area contributed by atoms with Crippen LogP contribution in [-0.2, 0) is 19.1 Å². The number of anilines is 1. The van der Waals surface area contributed by atoms with E-state index in [2.05, 4.69) is 96.0 Å². The molecule has 3 aliphatic heterocycles. The van der Waals surface area contributed by atoms with Gasteiger partial charge in [-0.3, -0.25) is 19.3 Å². The van der Waals surface area contributed by atoms with Crippen molar-refractivity contribution in [2.75, 3.05) is 50.8 Å². The van der Waals surface area contributed by atoms with Gasteiger partial charge in [-0.05, 0) is 130 Å². The Morgan fingerprint density at radius 1 is 0.867 bits per heavy atom. The van der Waals surface area contributed by atoms with Crippen LogP contribution in [0.25, 0.3) is 6.08 Å². The summed E-state index contributed by atoms with van der Waals surface area (Å²) in [5, 5.41) is 5.22. The van der Waals surface area contributed by atoms with Crippen molar-refractivity contribution in [3.05, 3.63) is 59.2 Å². The average molecular weight is 819 g/mol. The molecule has 0 spiro atoms. The molecule has 60 heavy (non-hydrogen) atoms. The molecule has 4 saturated carbocycles. The lowest BCUT2D eigenvalue weighted by atomic mass is 9.34. The molecule has 0 aromatic heterocycles. The third kappa shape index (κ3) is 5.71. The van der Waals surface area contributed by atoms with E-state index in [4.69, 9.17) is 9.84 Å². The van der Waals surface area contributed by atoms with Gasteiger partial charge in [0.05, 0.1) is 16.7 Å². The van der Waals surface area contributed by atoms with Gasteiger partial charge >= 0.3 is 5.97 Å². The number of esters is 1. The van der Waals surface area contributed by atoms with Crippen molar-refractivity contribution in [2.24, 2.45) is 55.8 Å². The maximum atomic E-state index is 15.4. The zero-order valence-electron chi connectivity index (χ0n) is 38.2. The van der Waals surface area contributed by atoms with Gasteiger partial charge in [-0.15, -0.1) is 0 Å². The number of para-hydroxylation sites is 1. The Morgan fingerprint density at radius 2 is 1.57 bits per heavy atom. The van der Waals surface area contributed by atoms with Crippen molar-refractivity contribution in [3.8, 4) is 0 Å². The molecule has 0 radical (unpaired) electrons. The standard InChI is InChI=1S/C51H72N5O4/c1-11-56(12-2)32-55-39-16-14-13-15-35(39)31-37(44(55)52-56)45(58)53-27-29-54(30-28-53)46(59)51-24-19-36(33(3)4)43(51)38-17-18-41-48(8)22-21-42(60-34(5)57)47(6,7)40(48)20-23-50(41,10)49(38,9)25-26-51/h13-17,31,36,40-43H,3,11-12,18-30,32H2,1-2,4-10H3/q+1/t36-,40-,41+,42-,43-,48-,49+,50+,51-/m0/s1. The summed E-state index contributed by atoms with van der Waals surface area (Å²) in [6, 6.07) is 8.33. The summed E-state index contributed by atoms with van der Waals surface area (Å²) >= 11 is 0. The van der Waals surface area contributed by atoms with Crippen molar-refractivity contribution < 1.29 is 23.7 Å². The van der Waals surface area contributed by atoms with Gasteiger partial charge in [0.2, 0.25) is 11.7 Å². The lowest BCUT2D eigenvalue weighted by Crippen LogP contribution is -2.65. The zero-order chi connectivity index (χ0) is 42.8. The number of benzene rings is 1. The van der Waals surface area contributed by atoms with Crippen LogP contribution < -0.4 is 4.90 Å². The Bertz CT molecular complexity index is 2090. The summed E-state index contributed by atoms with van der Waals surface area (Å²) in [5.74, 6) is 2.41. The number of fused-ring (bicyclic) bond motifs is 10. The second kappa shape index (κ2) is 14.2. The number of piperazine rings is 1. The quantitative estimate of drug-likeness (QED) is 0.163. The van der Waals surface area contributed by atoms with E-state index in [0.29, 0.717) is 60.0 Å². The molecule has 1 aromatic carbocycles.